The van der Waals surface area contributed by atoms with E-state index >= 15 is 0 Å². The Hall–Kier alpha value is -1.61. The number of nitrogens with two attached hydrogens (primary N) is 1. The fourth-order valence-electron chi connectivity index (χ4n) is 1.72. The number of nitrogen functional groups attached to an aromatic ring is 1. The lowest BCUT2D eigenvalue weighted by Gasteiger charge is -2.09. The molecule has 0 aliphatic rings. The van der Waals surface area contributed by atoms with Crippen molar-refractivity contribution in [2.45, 2.75) is 32.1 Å². The molecule has 0 saturated carbocycles. The molecule has 0 unspecified atom stereocenters. The Bertz CT molecular complexity index is 607. The Morgan fingerprint density at radius 2 is 2.05 bits per heavy atom. The van der Waals surface area contributed by atoms with Gasteiger partial charge in [0.2, 0.25) is 15.9 Å². The average molecular weight is 317 g/mol. The molecule has 120 valence electrons. The van der Waals surface area contributed by atoms with E-state index in [1.165, 1.54) is 4.68 Å². The first-order valence-electron chi connectivity index (χ1n) is 6.70. The average Bonchev–Trinajstić information content (AvgIpc) is 2.60. The van der Waals surface area contributed by atoms with Crippen LogP contribution in [0.2, 0.25) is 0 Å². The Morgan fingerprint density at radius 1 is 1.43 bits per heavy atom. The van der Waals surface area contributed by atoms with Crippen molar-refractivity contribution in [2.24, 2.45) is 13.0 Å². The van der Waals surface area contributed by atoms with Gasteiger partial charge >= 0.3 is 0 Å². The standard InChI is InChI=1S/C12H23N5O3S/c1-8(2)7-14-10(18)5-6-15-21(19,20)11-9(3)17(4)16-12(11)13/h8,15H,5-7H2,1-4H3,(H2,13,16)(H,14,18). The molecule has 1 heterocycles. The third-order valence-corrected chi connectivity index (χ3v) is 4.55. The smallest absolute Gasteiger partial charge is 0.246 e. The summed E-state index contributed by atoms with van der Waals surface area (Å²) in [4.78, 5) is 11.5. The minimum absolute atomic E-state index is 0.0139. The van der Waals surface area contributed by atoms with Crippen LogP contribution in [0, 0.1) is 12.8 Å². The minimum Gasteiger partial charge on any atom is -0.381 e. The largest absolute Gasteiger partial charge is 0.381 e. The van der Waals surface area contributed by atoms with E-state index in [0.717, 1.165) is 0 Å². The van der Waals surface area contributed by atoms with Gasteiger partial charge in [0.05, 0.1) is 5.69 Å². The maximum absolute atomic E-state index is 12.2. The first-order chi connectivity index (χ1) is 9.65. The number of amides is 1. The number of carbonyl (C=O) groups is 1. The number of rotatable bonds is 7. The Morgan fingerprint density at radius 3 is 2.52 bits per heavy atom. The number of aromatic nitrogens is 2. The van der Waals surface area contributed by atoms with Crippen LogP contribution in [-0.4, -0.2) is 37.2 Å². The number of sulfonamides is 1. The van der Waals surface area contributed by atoms with E-state index in [2.05, 4.69) is 15.1 Å². The molecule has 8 nitrogen and oxygen atoms in total. The van der Waals surface area contributed by atoms with Crippen molar-refractivity contribution >= 4 is 21.7 Å². The zero-order valence-electron chi connectivity index (χ0n) is 12.8. The second kappa shape index (κ2) is 6.90. The molecule has 1 aromatic heterocycles. The van der Waals surface area contributed by atoms with E-state index in [1.54, 1.807) is 14.0 Å². The van der Waals surface area contributed by atoms with E-state index in [4.69, 9.17) is 5.73 Å². The second-order valence-corrected chi connectivity index (χ2v) is 6.97. The van der Waals surface area contributed by atoms with Crippen LogP contribution in [-0.2, 0) is 21.9 Å². The Kier molecular flexibility index (Phi) is 5.73. The summed E-state index contributed by atoms with van der Waals surface area (Å²) in [6, 6.07) is 0. The van der Waals surface area contributed by atoms with E-state index in [9.17, 15) is 13.2 Å². The molecular weight excluding hydrogens is 294 g/mol. The maximum atomic E-state index is 12.2. The lowest BCUT2D eigenvalue weighted by atomic mass is 10.2. The number of hydrogen-bond acceptors (Lipinski definition) is 5. The molecule has 0 saturated heterocycles. The minimum atomic E-state index is -3.77. The van der Waals surface area contributed by atoms with Crippen LogP contribution >= 0.6 is 0 Å². The summed E-state index contributed by atoms with van der Waals surface area (Å²) >= 11 is 0. The molecule has 0 bridgehead atoms. The molecule has 0 fully saturated rings. The van der Waals surface area contributed by atoms with Crippen molar-refractivity contribution in [3.63, 3.8) is 0 Å². The van der Waals surface area contributed by atoms with Crippen LogP contribution in [0.4, 0.5) is 5.82 Å². The number of aryl methyl sites for hydroxylation is 1. The fourth-order valence-corrected chi connectivity index (χ4v) is 3.08. The highest BCUT2D eigenvalue weighted by Crippen LogP contribution is 2.20. The summed E-state index contributed by atoms with van der Waals surface area (Å²) in [6.45, 7) is 6.17. The predicted molar refractivity (Wildman–Crippen MR) is 80.0 cm³/mol. The number of hydrogen-bond donors (Lipinski definition) is 3. The zero-order chi connectivity index (χ0) is 16.2. The highest BCUT2D eigenvalue weighted by Gasteiger charge is 2.24. The topological polar surface area (TPSA) is 119 Å². The molecule has 0 atom stereocenters. The van der Waals surface area contributed by atoms with Gasteiger partial charge in [-0.1, -0.05) is 13.8 Å². The van der Waals surface area contributed by atoms with Crippen molar-refractivity contribution in [1.29, 1.82) is 0 Å². The highest BCUT2D eigenvalue weighted by molar-refractivity contribution is 7.89. The second-order valence-electron chi connectivity index (χ2n) is 5.27. The molecule has 1 aromatic rings. The van der Waals surface area contributed by atoms with Crippen LogP contribution in [0.5, 0.6) is 0 Å². The summed E-state index contributed by atoms with van der Waals surface area (Å²) in [5, 5.41) is 6.58. The summed E-state index contributed by atoms with van der Waals surface area (Å²) in [5.74, 6) is 0.109. The zero-order valence-corrected chi connectivity index (χ0v) is 13.6. The van der Waals surface area contributed by atoms with E-state index in [1.807, 2.05) is 13.8 Å². The Labute approximate surface area is 125 Å². The van der Waals surface area contributed by atoms with Crippen molar-refractivity contribution in [2.75, 3.05) is 18.8 Å². The van der Waals surface area contributed by atoms with Crippen LogP contribution in [0.15, 0.2) is 4.90 Å². The van der Waals surface area contributed by atoms with E-state index in [0.29, 0.717) is 18.2 Å². The van der Waals surface area contributed by atoms with E-state index < -0.39 is 10.0 Å². The molecular formula is C12H23N5O3S. The third kappa shape index (κ3) is 4.71. The van der Waals surface area contributed by atoms with Crippen LogP contribution in [0.1, 0.15) is 26.0 Å². The number of nitrogens with zero attached hydrogens (tertiary/aromatic N) is 2. The predicted octanol–water partition coefficient (Wildman–Crippen LogP) is -0.249. The molecule has 0 aromatic carbocycles. The summed E-state index contributed by atoms with van der Waals surface area (Å²) < 4.78 is 28.1. The number of anilines is 1. The molecule has 1 amide bonds. The summed E-state index contributed by atoms with van der Waals surface area (Å²) in [5.41, 5.74) is 6.06. The van der Waals surface area contributed by atoms with Gasteiger partial charge in [0.1, 0.15) is 4.90 Å². The lowest BCUT2D eigenvalue weighted by molar-refractivity contribution is -0.121. The van der Waals surface area contributed by atoms with Gasteiger partial charge in [-0.3, -0.25) is 9.48 Å². The fraction of sp³-hybridized carbons (Fsp3) is 0.667. The molecule has 1 rings (SSSR count). The van der Waals surface area contributed by atoms with Crippen molar-refractivity contribution in [3.05, 3.63) is 5.69 Å². The lowest BCUT2D eigenvalue weighted by Crippen LogP contribution is -2.32. The van der Waals surface area contributed by atoms with Crippen LogP contribution < -0.4 is 15.8 Å². The molecule has 0 aliphatic heterocycles. The quantitative estimate of drug-likeness (QED) is 0.641. The molecule has 4 N–H and O–H groups in total. The molecule has 9 heteroatoms. The maximum Gasteiger partial charge on any atom is 0.246 e. The first-order valence-corrected chi connectivity index (χ1v) is 8.19. The summed E-state index contributed by atoms with van der Waals surface area (Å²) in [6.07, 6.45) is 0.0746. The van der Waals surface area contributed by atoms with Gasteiger partial charge in [-0.05, 0) is 12.8 Å². The van der Waals surface area contributed by atoms with Crippen molar-refractivity contribution in [3.8, 4) is 0 Å². The van der Waals surface area contributed by atoms with Crippen LogP contribution in [0.3, 0.4) is 0 Å². The third-order valence-electron chi connectivity index (χ3n) is 2.92. The molecule has 0 radical (unpaired) electrons. The monoisotopic (exact) mass is 317 g/mol. The van der Waals surface area contributed by atoms with Gasteiger partial charge < -0.3 is 11.1 Å². The van der Waals surface area contributed by atoms with Gasteiger partial charge in [-0.25, -0.2) is 13.1 Å². The normalized spacial score (nSPS) is 11.9. The van der Waals surface area contributed by atoms with Crippen LogP contribution in [0.25, 0.3) is 0 Å². The van der Waals surface area contributed by atoms with Gasteiger partial charge in [-0.2, -0.15) is 5.10 Å². The highest BCUT2D eigenvalue weighted by atomic mass is 32.2. The van der Waals surface area contributed by atoms with Gasteiger partial charge in [-0.15, -0.1) is 0 Å². The molecule has 0 aliphatic carbocycles. The summed E-state index contributed by atoms with van der Waals surface area (Å²) in [7, 11) is -2.15. The van der Waals surface area contributed by atoms with E-state index in [-0.39, 0.29) is 29.6 Å². The number of nitrogens with one attached hydrogen (secondary N) is 2. The van der Waals surface area contributed by atoms with Gasteiger partial charge in [0.25, 0.3) is 0 Å². The molecule has 0 spiro atoms. The Balaban J connectivity index is 2.60. The number of carbonyl (C=O) groups excluding carboxylic acids is 1. The van der Waals surface area contributed by atoms with Gasteiger partial charge in [0.15, 0.2) is 5.82 Å². The van der Waals surface area contributed by atoms with Gasteiger partial charge in [0, 0.05) is 26.6 Å². The SMILES string of the molecule is Cc1c(S(=O)(=O)NCCC(=O)NCC(C)C)c(N)nn1C. The molecule has 21 heavy (non-hydrogen) atoms. The van der Waals surface area contributed by atoms with Crippen molar-refractivity contribution in [1.82, 2.24) is 19.8 Å². The van der Waals surface area contributed by atoms with Crippen molar-refractivity contribution < 1.29 is 13.2 Å². The first kappa shape index (κ1) is 17.4.